The van der Waals surface area contributed by atoms with Gasteiger partial charge in [0.15, 0.2) is 5.66 Å². The molecule has 3 heteroatoms. The van der Waals surface area contributed by atoms with E-state index in [4.69, 9.17) is 16.4 Å². The standard InChI is InChI=1S/C19H16N2S/c1-3-14-22-18-17(15-10-6-4-7-11-15)20-19(2,21-18)16-12-8-5-9-13-16/h1,4-13H,14H2,2H3. The topological polar surface area (TPSA) is 24.7 Å². The Labute approximate surface area is 135 Å². The van der Waals surface area contributed by atoms with Crippen molar-refractivity contribution in [2.75, 3.05) is 5.75 Å². The molecule has 0 N–H and O–H groups in total. The van der Waals surface area contributed by atoms with Gasteiger partial charge in [-0.05, 0) is 6.92 Å². The molecule has 0 saturated heterocycles. The molecule has 2 aromatic carbocycles. The quantitative estimate of drug-likeness (QED) is 0.783. The van der Waals surface area contributed by atoms with Gasteiger partial charge in [-0.1, -0.05) is 78.3 Å². The largest absolute Gasteiger partial charge is 0.248 e. The molecule has 22 heavy (non-hydrogen) atoms. The van der Waals surface area contributed by atoms with Gasteiger partial charge in [0.05, 0.1) is 11.5 Å². The van der Waals surface area contributed by atoms with Crippen LogP contribution in [0.3, 0.4) is 0 Å². The summed E-state index contributed by atoms with van der Waals surface area (Å²) in [4.78, 5) is 9.78. The first-order valence-corrected chi connectivity index (χ1v) is 8.09. The lowest BCUT2D eigenvalue weighted by molar-refractivity contribution is 0.542. The number of terminal acetylenes is 1. The fraction of sp³-hybridized carbons (Fsp3) is 0.158. The Morgan fingerprint density at radius 3 is 2.27 bits per heavy atom. The van der Waals surface area contributed by atoms with Crippen molar-refractivity contribution in [3.63, 3.8) is 0 Å². The molecule has 1 atom stereocenters. The van der Waals surface area contributed by atoms with E-state index in [2.05, 4.69) is 30.2 Å². The Morgan fingerprint density at radius 1 is 1.00 bits per heavy atom. The lowest BCUT2D eigenvalue weighted by Crippen LogP contribution is -2.13. The van der Waals surface area contributed by atoms with Gasteiger partial charge in [-0.3, -0.25) is 0 Å². The van der Waals surface area contributed by atoms with Crippen molar-refractivity contribution < 1.29 is 0 Å². The zero-order chi connectivity index (χ0) is 15.4. The second kappa shape index (κ2) is 6.21. The Morgan fingerprint density at radius 2 is 1.64 bits per heavy atom. The number of hydrogen-bond acceptors (Lipinski definition) is 3. The van der Waals surface area contributed by atoms with Gasteiger partial charge in [0, 0.05) is 11.1 Å². The molecule has 0 amide bonds. The van der Waals surface area contributed by atoms with Crippen LogP contribution < -0.4 is 0 Å². The van der Waals surface area contributed by atoms with E-state index in [0.717, 1.165) is 21.9 Å². The number of hydrogen-bond donors (Lipinski definition) is 0. The molecular formula is C19H16N2S. The third-order valence-corrected chi connectivity index (χ3v) is 4.38. The summed E-state index contributed by atoms with van der Waals surface area (Å²) in [6, 6.07) is 20.3. The molecule has 0 saturated carbocycles. The van der Waals surface area contributed by atoms with E-state index in [-0.39, 0.29) is 0 Å². The minimum atomic E-state index is -0.580. The van der Waals surface area contributed by atoms with Crippen LogP contribution in [-0.2, 0) is 5.66 Å². The molecule has 1 heterocycles. The molecule has 1 aliphatic rings. The summed E-state index contributed by atoms with van der Waals surface area (Å²) in [5, 5.41) is 0.913. The Balaban J connectivity index is 2.05. The SMILES string of the molecule is C#CCSC1=NC(C)(c2ccccc2)N=C1c1ccccc1. The number of thioether (sulfide) groups is 1. The summed E-state index contributed by atoms with van der Waals surface area (Å²) in [7, 11) is 0. The Kier molecular flexibility index (Phi) is 4.13. The second-order valence-corrected chi connectivity index (χ2v) is 6.09. The summed E-state index contributed by atoms with van der Waals surface area (Å²) < 4.78 is 0. The Hall–Kier alpha value is -2.31. The van der Waals surface area contributed by atoms with E-state index in [9.17, 15) is 0 Å². The molecule has 0 aromatic heterocycles. The first-order valence-electron chi connectivity index (χ1n) is 7.10. The molecule has 0 fully saturated rings. The van der Waals surface area contributed by atoms with Gasteiger partial charge >= 0.3 is 0 Å². The van der Waals surface area contributed by atoms with Crippen LogP contribution in [0.15, 0.2) is 70.6 Å². The predicted molar refractivity (Wildman–Crippen MR) is 95.5 cm³/mol. The molecule has 3 rings (SSSR count). The molecule has 1 aliphatic heterocycles. The monoisotopic (exact) mass is 304 g/mol. The van der Waals surface area contributed by atoms with E-state index in [1.54, 1.807) is 11.8 Å². The van der Waals surface area contributed by atoms with Crippen molar-refractivity contribution in [3.8, 4) is 12.3 Å². The third-order valence-electron chi connectivity index (χ3n) is 3.51. The molecule has 1 unspecified atom stereocenters. The average Bonchev–Trinajstić information content (AvgIpc) is 2.93. The highest BCUT2D eigenvalue weighted by Crippen LogP contribution is 2.35. The normalized spacial score (nSPS) is 20.2. The predicted octanol–water partition coefficient (Wildman–Crippen LogP) is 4.13. The van der Waals surface area contributed by atoms with E-state index in [1.807, 2.05) is 43.3 Å². The summed E-state index contributed by atoms with van der Waals surface area (Å²) in [5.74, 6) is 3.25. The Bertz CT molecular complexity index is 757. The van der Waals surface area contributed by atoms with Gasteiger partial charge < -0.3 is 0 Å². The molecule has 108 valence electrons. The zero-order valence-electron chi connectivity index (χ0n) is 12.4. The van der Waals surface area contributed by atoms with Crippen molar-refractivity contribution in [1.82, 2.24) is 0 Å². The molecule has 0 aliphatic carbocycles. The first-order chi connectivity index (χ1) is 10.7. The maximum atomic E-state index is 5.40. The number of benzene rings is 2. The van der Waals surface area contributed by atoms with Crippen LogP contribution in [0, 0.1) is 12.3 Å². The van der Waals surface area contributed by atoms with Crippen LogP contribution in [0.1, 0.15) is 18.1 Å². The molecule has 2 nitrogen and oxygen atoms in total. The van der Waals surface area contributed by atoms with Crippen LogP contribution >= 0.6 is 11.8 Å². The first kappa shape index (κ1) is 14.6. The molecular weight excluding hydrogens is 288 g/mol. The molecule has 0 bridgehead atoms. The maximum absolute atomic E-state index is 5.40. The number of rotatable bonds is 3. The average molecular weight is 304 g/mol. The van der Waals surface area contributed by atoms with Crippen molar-refractivity contribution in [2.24, 2.45) is 9.98 Å². The molecule has 0 spiro atoms. The minimum Gasteiger partial charge on any atom is -0.248 e. The molecule has 0 radical (unpaired) electrons. The number of nitrogens with zero attached hydrogens (tertiary/aromatic N) is 2. The van der Waals surface area contributed by atoms with Crippen molar-refractivity contribution in [2.45, 2.75) is 12.6 Å². The lowest BCUT2D eigenvalue weighted by Gasteiger charge is -2.17. The highest BCUT2D eigenvalue weighted by atomic mass is 32.2. The third kappa shape index (κ3) is 2.84. The maximum Gasteiger partial charge on any atom is 0.175 e. The summed E-state index contributed by atoms with van der Waals surface area (Å²) in [5.41, 5.74) is 2.50. The highest BCUT2D eigenvalue weighted by Gasteiger charge is 2.33. The van der Waals surface area contributed by atoms with E-state index in [1.165, 1.54) is 0 Å². The van der Waals surface area contributed by atoms with Crippen LogP contribution in [0.2, 0.25) is 0 Å². The van der Waals surface area contributed by atoms with Crippen LogP contribution in [-0.4, -0.2) is 16.5 Å². The van der Waals surface area contributed by atoms with Gasteiger partial charge in [0.1, 0.15) is 5.04 Å². The number of aliphatic imine (C=N–C) groups is 2. The minimum absolute atomic E-state index is 0.580. The van der Waals surface area contributed by atoms with Gasteiger partial charge in [-0.15, -0.1) is 6.42 Å². The van der Waals surface area contributed by atoms with Crippen molar-refractivity contribution in [1.29, 1.82) is 0 Å². The lowest BCUT2D eigenvalue weighted by atomic mass is 10.0. The van der Waals surface area contributed by atoms with E-state index >= 15 is 0 Å². The summed E-state index contributed by atoms with van der Waals surface area (Å²) in [6.07, 6.45) is 5.40. The van der Waals surface area contributed by atoms with Crippen molar-refractivity contribution >= 4 is 22.5 Å². The second-order valence-electron chi connectivity index (χ2n) is 5.12. The van der Waals surface area contributed by atoms with Crippen LogP contribution in [0.4, 0.5) is 0 Å². The van der Waals surface area contributed by atoms with Crippen LogP contribution in [0.25, 0.3) is 0 Å². The van der Waals surface area contributed by atoms with Gasteiger partial charge in [0.25, 0.3) is 0 Å². The summed E-state index contributed by atoms with van der Waals surface area (Å²) >= 11 is 1.57. The van der Waals surface area contributed by atoms with E-state index in [0.29, 0.717) is 5.75 Å². The zero-order valence-corrected chi connectivity index (χ0v) is 13.2. The molecule has 2 aromatic rings. The highest BCUT2D eigenvalue weighted by molar-refractivity contribution is 8.16. The van der Waals surface area contributed by atoms with Crippen LogP contribution in [0.5, 0.6) is 0 Å². The fourth-order valence-corrected chi connectivity index (χ4v) is 3.18. The van der Waals surface area contributed by atoms with E-state index < -0.39 is 5.66 Å². The fourth-order valence-electron chi connectivity index (χ4n) is 2.42. The van der Waals surface area contributed by atoms with Crippen molar-refractivity contribution in [3.05, 3.63) is 71.8 Å². The van der Waals surface area contributed by atoms with Gasteiger partial charge in [-0.2, -0.15) is 0 Å². The van der Waals surface area contributed by atoms with Gasteiger partial charge in [-0.25, -0.2) is 9.98 Å². The summed E-state index contributed by atoms with van der Waals surface area (Å²) in [6.45, 7) is 2.04. The van der Waals surface area contributed by atoms with Gasteiger partial charge in [0.2, 0.25) is 0 Å². The smallest absolute Gasteiger partial charge is 0.175 e.